The highest BCUT2D eigenvalue weighted by atomic mass is 35.5. The minimum atomic E-state index is 0.224. The van der Waals surface area contributed by atoms with E-state index in [4.69, 9.17) is 11.6 Å². The second-order valence-electron chi connectivity index (χ2n) is 5.38. The second kappa shape index (κ2) is 5.27. The van der Waals surface area contributed by atoms with Crippen molar-refractivity contribution in [2.45, 2.75) is 45.3 Å². The SMILES string of the molecule is CCC1CN(Cc2ccc(Cl)s2)C(C)(C)CN1. The summed E-state index contributed by atoms with van der Waals surface area (Å²) in [5, 5.41) is 3.62. The van der Waals surface area contributed by atoms with Crippen LogP contribution in [0.15, 0.2) is 12.1 Å². The summed E-state index contributed by atoms with van der Waals surface area (Å²) in [7, 11) is 0. The van der Waals surface area contributed by atoms with Crippen molar-refractivity contribution in [2.24, 2.45) is 0 Å². The van der Waals surface area contributed by atoms with Gasteiger partial charge in [0.1, 0.15) is 0 Å². The first-order chi connectivity index (χ1) is 8.01. The molecule has 2 heterocycles. The largest absolute Gasteiger partial charge is 0.311 e. The van der Waals surface area contributed by atoms with Gasteiger partial charge >= 0.3 is 0 Å². The van der Waals surface area contributed by atoms with Gasteiger partial charge in [0.05, 0.1) is 4.34 Å². The summed E-state index contributed by atoms with van der Waals surface area (Å²) in [6, 6.07) is 4.76. The summed E-state index contributed by atoms with van der Waals surface area (Å²) in [4.78, 5) is 3.93. The molecular formula is C13H21ClN2S. The van der Waals surface area contributed by atoms with Crippen LogP contribution in [0.5, 0.6) is 0 Å². The molecule has 1 N–H and O–H groups in total. The molecule has 2 nitrogen and oxygen atoms in total. The number of nitrogens with one attached hydrogen (secondary N) is 1. The smallest absolute Gasteiger partial charge is 0.0931 e. The first-order valence-electron chi connectivity index (χ1n) is 6.24. The molecule has 1 aromatic heterocycles. The van der Waals surface area contributed by atoms with E-state index < -0.39 is 0 Å². The summed E-state index contributed by atoms with van der Waals surface area (Å²) in [6.45, 7) is 10.1. The van der Waals surface area contributed by atoms with E-state index in [9.17, 15) is 0 Å². The van der Waals surface area contributed by atoms with Gasteiger partial charge in [-0.1, -0.05) is 18.5 Å². The van der Waals surface area contributed by atoms with Crippen molar-refractivity contribution >= 4 is 22.9 Å². The van der Waals surface area contributed by atoms with Crippen LogP contribution in [0.4, 0.5) is 0 Å². The standard InChI is InChI=1S/C13H21ClN2S/c1-4-10-7-16(13(2,3)9-15-10)8-11-5-6-12(14)17-11/h5-6,10,15H,4,7-9H2,1-3H3. The lowest BCUT2D eigenvalue weighted by atomic mass is 9.96. The van der Waals surface area contributed by atoms with Crippen LogP contribution in [0.25, 0.3) is 0 Å². The van der Waals surface area contributed by atoms with E-state index in [0.717, 1.165) is 24.0 Å². The number of hydrogen-bond acceptors (Lipinski definition) is 3. The van der Waals surface area contributed by atoms with Crippen molar-refractivity contribution in [2.75, 3.05) is 13.1 Å². The third-order valence-electron chi connectivity index (χ3n) is 3.59. The Kier molecular flexibility index (Phi) is 4.14. The highest BCUT2D eigenvalue weighted by Gasteiger charge is 2.33. The van der Waals surface area contributed by atoms with Crippen molar-refractivity contribution in [1.82, 2.24) is 10.2 Å². The van der Waals surface area contributed by atoms with Gasteiger partial charge in [-0.15, -0.1) is 11.3 Å². The molecule has 1 aliphatic heterocycles. The van der Waals surface area contributed by atoms with Crippen molar-refractivity contribution in [3.05, 3.63) is 21.3 Å². The minimum absolute atomic E-state index is 0.224. The summed E-state index contributed by atoms with van der Waals surface area (Å²) in [6.07, 6.45) is 1.19. The Balaban J connectivity index is 2.05. The molecule has 1 aromatic rings. The zero-order valence-corrected chi connectivity index (χ0v) is 12.4. The first-order valence-corrected chi connectivity index (χ1v) is 7.43. The predicted octanol–water partition coefficient (Wildman–Crippen LogP) is 3.36. The number of halogens is 1. The van der Waals surface area contributed by atoms with E-state index in [2.05, 4.69) is 37.1 Å². The van der Waals surface area contributed by atoms with Gasteiger partial charge < -0.3 is 5.32 Å². The zero-order chi connectivity index (χ0) is 12.5. The molecule has 0 saturated carbocycles. The van der Waals surface area contributed by atoms with Crippen LogP contribution in [0.1, 0.15) is 32.1 Å². The quantitative estimate of drug-likeness (QED) is 0.908. The van der Waals surface area contributed by atoms with Crippen LogP contribution in [0, 0.1) is 0 Å². The van der Waals surface area contributed by atoms with Gasteiger partial charge in [0.25, 0.3) is 0 Å². The number of thiophene rings is 1. The molecule has 1 saturated heterocycles. The molecule has 0 bridgehead atoms. The lowest BCUT2D eigenvalue weighted by molar-refractivity contribution is 0.0586. The van der Waals surface area contributed by atoms with Crippen LogP contribution in [-0.2, 0) is 6.54 Å². The lowest BCUT2D eigenvalue weighted by Gasteiger charge is -2.46. The Morgan fingerprint density at radius 2 is 2.29 bits per heavy atom. The van der Waals surface area contributed by atoms with Gasteiger partial charge in [-0.05, 0) is 32.4 Å². The van der Waals surface area contributed by atoms with Crippen LogP contribution in [-0.4, -0.2) is 29.6 Å². The third kappa shape index (κ3) is 3.22. The number of nitrogens with zero attached hydrogens (tertiary/aromatic N) is 1. The fourth-order valence-corrected chi connectivity index (χ4v) is 3.36. The van der Waals surface area contributed by atoms with E-state index >= 15 is 0 Å². The topological polar surface area (TPSA) is 15.3 Å². The van der Waals surface area contributed by atoms with Gasteiger partial charge in [-0.3, -0.25) is 4.90 Å². The Morgan fingerprint density at radius 3 is 2.88 bits per heavy atom. The van der Waals surface area contributed by atoms with E-state index in [1.165, 1.54) is 11.3 Å². The number of rotatable bonds is 3. The maximum atomic E-state index is 5.99. The minimum Gasteiger partial charge on any atom is -0.311 e. The Bertz CT molecular complexity index is 375. The summed E-state index contributed by atoms with van der Waals surface area (Å²) >= 11 is 7.69. The summed E-state index contributed by atoms with van der Waals surface area (Å²) in [5.41, 5.74) is 0.224. The van der Waals surface area contributed by atoms with Crippen LogP contribution in [0.2, 0.25) is 4.34 Å². The first kappa shape index (κ1) is 13.3. The van der Waals surface area contributed by atoms with Crippen LogP contribution in [0.3, 0.4) is 0 Å². The van der Waals surface area contributed by atoms with Gasteiger partial charge in [-0.2, -0.15) is 0 Å². The van der Waals surface area contributed by atoms with Crippen molar-refractivity contribution in [3.8, 4) is 0 Å². The molecular weight excluding hydrogens is 252 g/mol. The highest BCUT2D eigenvalue weighted by molar-refractivity contribution is 7.16. The van der Waals surface area contributed by atoms with Crippen molar-refractivity contribution in [1.29, 1.82) is 0 Å². The molecule has 17 heavy (non-hydrogen) atoms. The van der Waals surface area contributed by atoms with Gasteiger partial charge in [0.2, 0.25) is 0 Å². The van der Waals surface area contributed by atoms with E-state index in [-0.39, 0.29) is 5.54 Å². The molecule has 0 radical (unpaired) electrons. The van der Waals surface area contributed by atoms with Crippen molar-refractivity contribution < 1.29 is 0 Å². The van der Waals surface area contributed by atoms with Gasteiger partial charge in [-0.25, -0.2) is 0 Å². The monoisotopic (exact) mass is 272 g/mol. The summed E-state index contributed by atoms with van der Waals surface area (Å²) in [5.74, 6) is 0. The zero-order valence-electron chi connectivity index (χ0n) is 10.8. The van der Waals surface area contributed by atoms with Gasteiger partial charge in [0, 0.05) is 36.1 Å². The maximum absolute atomic E-state index is 5.99. The van der Waals surface area contributed by atoms with Crippen LogP contribution < -0.4 is 5.32 Å². The number of hydrogen-bond donors (Lipinski definition) is 1. The molecule has 4 heteroatoms. The molecule has 0 aliphatic carbocycles. The molecule has 2 rings (SSSR count). The molecule has 1 aliphatic rings. The third-order valence-corrected chi connectivity index (χ3v) is 4.80. The number of piperazine rings is 1. The van der Waals surface area contributed by atoms with E-state index in [1.807, 2.05) is 6.07 Å². The average molecular weight is 273 g/mol. The fourth-order valence-electron chi connectivity index (χ4n) is 2.26. The molecule has 0 spiro atoms. The molecule has 1 atom stereocenters. The second-order valence-corrected chi connectivity index (χ2v) is 7.18. The lowest BCUT2D eigenvalue weighted by Crippen LogP contribution is -2.61. The highest BCUT2D eigenvalue weighted by Crippen LogP contribution is 2.27. The Morgan fingerprint density at radius 1 is 1.53 bits per heavy atom. The molecule has 1 fully saturated rings. The maximum Gasteiger partial charge on any atom is 0.0931 e. The van der Waals surface area contributed by atoms with Crippen LogP contribution >= 0.6 is 22.9 Å². The fraction of sp³-hybridized carbons (Fsp3) is 0.692. The molecule has 1 unspecified atom stereocenters. The van der Waals surface area contributed by atoms with Gasteiger partial charge in [0.15, 0.2) is 0 Å². The van der Waals surface area contributed by atoms with E-state index in [0.29, 0.717) is 6.04 Å². The molecule has 0 amide bonds. The predicted molar refractivity (Wildman–Crippen MR) is 75.9 cm³/mol. The Labute approximate surface area is 113 Å². The van der Waals surface area contributed by atoms with E-state index in [1.54, 1.807) is 11.3 Å². The summed E-state index contributed by atoms with van der Waals surface area (Å²) < 4.78 is 0.889. The van der Waals surface area contributed by atoms with Crippen molar-refractivity contribution in [3.63, 3.8) is 0 Å². The molecule has 0 aromatic carbocycles. The Hall–Kier alpha value is -0.0900. The average Bonchev–Trinajstić information content (AvgIpc) is 2.67. The normalized spacial score (nSPS) is 25.1. The molecule has 96 valence electrons.